The second-order valence-corrected chi connectivity index (χ2v) is 4.50. The molecule has 0 spiro atoms. The molecule has 0 radical (unpaired) electrons. The first kappa shape index (κ1) is 10.7. The summed E-state index contributed by atoms with van der Waals surface area (Å²) in [5, 5.41) is 0. The largest absolute Gasteiger partial charge is 0.466 e. The average molecular weight is 209 g/mol. The zero-order valence-corrected chi connectivity index (χ0v) is 9.62. The monoisotopic (exact) mass is 209 g/mol. The Balaban J connectivity index is 2.19. The summed E-state index contributed by atoms with van der Waals surface area (Å²) >= 11 is 0. The summed E-state index contributed by atoms with van der Waals surface area (Å²) in [5.41, 5.74) is 7.31. The van der Waals surface area contributed by atoms with E-state index in [2.05, 4.69) is 6.92 Å². The van der Waals surface area contributed by atoms with Gasteiger partial charge in [0.1, 0.15) is 11.5 Å². The molecule has 0 amide bonds. The molecule has 1 aliphatic heterocycles. The van der Waals surface area contributed by atoms with Crippen LogP contribution in [-0.4, -0.2) is 12.7 Å². The van der Waals surface area contributed by atoms with Gasteiger partial charge >= 0.3 is 0 Å². The Morgan fingerprint density at radius 2 is 2.20 bits per heavy atom. The topological polar surface area (TPSA) is 48.4 Å². The molecule has 1 saturated heterocycles. The fourth-order valence-corrected chi connectivity index (χ4v) is 2.33. The van der Waals surface area contributed by atoms with Crippen molar-refractivity contribution in [1.29, 1.82) is 0 Å². The Hall–Kier alpha value is -0.800. The Labute approximate surface area is 90.6 Å². The summed E-state index contributed by atoms with van der Waals surface area (Å²) in [7, 11) is 0. The molecule has 1 aliphatic rings. The standard InChI is InChI=1S/C12H19NO2/c1-7-4-5-14-12(7)11(13)10-6-8(2)15-9(10)3/h6-7,11-12H,4-5,13H2,1-3H3. The minimum Gasteiger partial charge on any atom is -0.466 e. The van der Waals surface area contributed by atoms with E-state index in [1.54, 1.807) is 0 Å². The lowest BCUT2D eigenvalue weighted by molar-refractivity contribution is 0.0721. The highest BCUT2D eigenvalue weighted by molar-refractivity contribution is 5.25. The van der Waals surface area contributed by atoms with Gasteiger partial charge < -0.3 is 14.9 Å². The molecule has 2 N–H and O–H groups in total. The first-order valence-corrected chi connectivity index (χ1v) is 5.53. The van der Waals surface area contributed by atoms with Gasteiger partial charge in [-0.3, -0.25) is 0 Å². The van der Waals surface area contributed by atoms with Gasteiger partial charge in [-0.25, -0.2) is 0 Å². The van der Waals surface area contributed by atoms with E-state index in [-0.39, 0.29) is 12.1 Å². The molecule has 0 saturated carbocycles. The number of hydrogen-bond acceptors (Lipinski definition) is 3. The molecule has 2 heterocycles. The van der Waals surface area contributed by atoms with E-state index in [1.807, 2.05) is 19.9 Å². The highest BCUT2D eigenvalue weighted by Gasteiger charge is 2.32. The quantitative estimate of drug-likeness (QED) is 0.813. The maximum absolute atomic E-state index is 6.22. The molecule has 3 unspecified atom stereocenters. The summed E-state index contributed by atoms with van der Waals surface area (Å²) in [5.74, 6) is 2.38. The molecule has 0 bridgehead atoms. The second-order valence-electron chi connectivity index (χ2n) is 4.50. The van der Waals surface area contributed by atoms with Gasteiger partial charge in [-0.1, -0.05) is 6.92 Å². The lowest BCUT2D eigenvalue weighted by atomic mass is 9.93. The zero-order valence-electron chi connectivity index (χ0n) is 9.62. The predicted octanol–water partition coefficient (Wildman–Crippen LogP) is 2.32. The van der Waals surface area contributed by atoms with Gasteiger partial charge in [0.15, 0.2) is 0 Å². The van der Waals surface area contributed by atoms with Crippen LogP contribution in [0.15, 0.2) is 10.5 Å². The van der Waals surface area contributed by atoms with Crippen LogP contribution in [-0.2, 0) is 4.74 Å². The van der Waals surface area contributed by atoms with Crippen molar-refractivity contribution < 1.29 is 9.15 Å². The van der Waals surface area contributed by atoms with Crippen molar-refractivity contribution in [2.45, 2.75) is 39.3 Å². The van der Waals surface area contributed by atoms with Crippen molar-refractivity contribution in [2.75, 3.05) is 6.61 Å². The summed E-state index contributed by atoms with van der Waals surface area (Å²) in [4.78, 5) is 0. The van der Waals surface area contributed by atoms with Crippen molar-refractivity contribution in [3.63, 3.8) is 0 Å². The van der Waals surface area contributed by atoms with Crippen molar-refractivity contribution in [1.82, 2.24) is 0 Å². The maximum Gasteiger partial charge on any atom is 0.105 e. The fourth-order valence-electron chi connectivity index (χ4n) is 2.33. The average Bonchev–Trinajstić information content (AvgIpc) is 2.71. The first-order valence-electron chi connectivity index (χ1n) is 5.53. The SMILES string of the molecule is Cc1cc(C(N)C2OCCC2C)c(C)o1. The summed E-state index contributed by atoms with van der Waals surface area (Å²) < 4.78 is 11.2. The number of ether oxygens (including phenoxy) is 1. The van der Waals surface area contributed by atoms with Crippen LogP contribution in [0.4, 0.5) is 0 Å². The molecule has 15 heavy (non-hydrogen) atoms. The maximum atomic E-state index is 6.22. The van der Waals surface area contributed by atoms with Gasteiger partial charge in [0.05, 0.1) is 12.1 Å². The molecule has 1 aromatic rings. The number of furan rings is 1. The molecule has 1 aromatic heterocycles. The number of aryl methyl sites for hydroxylation is 2. The van der Waals surface area contributed by atoms with E-state index >= 15 is 0 Å². The first-order chi connectivity index (χ1) is 7.09. The van der Waals surface area contributed by atoms with Crippen molar-refractivity contribution in [2.24, 2.45) is 11.7 Å². The van der Waals surface area contributed by atoms with Crippen LogP contribution < -0.4 is 5.73 Å². The predicted molar refractivity (Wildman–Crippen MR) is 58.6 cm³/mol. The Kier molecular flexibility index (Phi) is 2.85. The third-order valence-electron chi connectivity index (χ3n) is 3.24. The fraction of sp³-hybridized carbons (Fsp3) is 0.667. The third kappa shape index (κ3) is 1.94. The smallest absolute Gasteiger partial charge is 0.105 e. The van der Waals surface area contributed by atoms with Crippen LogP contribution in [0.3, 0.4) is 0 Å². The van der Waals surface area contributed by atoms with Gasteiger partial charge in [-0.2, -0.15) is 0 Å². The summed E-state index contributed by atoms with van der Waals surface area (Å²) in [6, 6.07) is 1.97. The molecule has 0 aliphatic carbocycles. The second kappa shape index (κ2) is 3.99. The Bertz CT molecular complexity index is 345. The van der Waals surface area contributed by atoms with Crippen LogP contribution in [0.25, 0.3) is 0 Å². The van der Waals surface area contributed by atoms with Crippen LogP contribution in [0, 0.1) is 19.8 Å². The van der Waals surface area contributed by atoms with Crippen LogP contribution >= 0.6 is 0 Å². The molecular formula is C12H19NO2. The molecule has 3 atom stereocenters. The molecule has 1 fully saturated rings. The number of nitrogens with two attached hydrogens (primary N) is 1. The zero-order chi connectivity index (χ0) is 11.0. The number of hydrogen-bond donors (Lipinski definition) is 1. The van der Waals surface area contributed by atoms with Crippen LogP contribution in [0.5, 0.6) is 0 Å². The molecule has 84 valence electrons. The van der Waals surface area contributed by atoms with E-state index in [9.17, 15) is 0 Å². The van der Waals surface area contributed by atoms with Gasteiger partial charge in [0, 0.05) is 12.2 Å². The summed E-state index contributed by atoms with van der Waals surface area (Å²) in [6.07, 6.45) is 1.24. The molecule has 3 nitrogen and oxygen atoms in total. The van der Waals surface area contributed by atoms with Crippen LogP contribution in [0.2, 0.25) is 0 Å². The normalized spacial score (nSPS) is 28.3. The van der Waals surface area contributed by atoms with E-state index in [4.69, 9.17) is 14.9 Å². The minimum absolute atomic E-state index is 0.0556. The van der Waals surface area contributed by atoms with Gasteiger partial charge in [0.2, 0.25) is 0 Å². The van der Waals surface area contributed by atoms with Gasteiger partial charge in [0.25, 0.3) is 0 Å². The lowest BCUT2D eigenvalue weighted by Gasteiger charge is -2.21. The molecule has 2 rings (SSSR count). The van der Waals surface area contributed by atoms with Crippen LogP contribution in [0.1, 0.15) is 36.5 Å². The van der Waals surface area contributed by atoms with Crippen molar-refractivity contribution in [3.8, 4) is 0 Å². The van der Waals surface area contributed by atoms with Crippen molar-refractivity contribution >= 4 is 0 Å². The number of rotatable bonds is 2. The van der Waals surface area contributed by atoms with E-state index in [0.717, 1.165) is 30.1 Å². The van der Waals surface area contributed by atoms with E-state index in [1.165, 1.54) is 0 Å². The van der Waals surface area contributed by atoms with Gasteiger partial charge in [-0.15, -0.1) is 0 Å². The molecule has 0 aromatic carbocycles. The highest BCUT2D eigenvalue weighted by atomic mass is 16.5. The molecule has 3 heteroatoms. The third-order valence-corrected chi connectivity index (χ3v) is 3.24. The minimum atomic E-state index is -0.0556. The molecular weight excluding hydrogens is 190 g/mol. The van der Waals surface area contributed by atoms with Gasteiger partial charge in [-0.05, 0) is 32.3 Å². The Morgan fingerprint density at radius 3 is 2.67 bits per heavy atom. The van der Waals surface area contributed by atoms with E-state index < -0.39 is 0 Å². The summed E-state index contributed by atoms with van der Waals surface area (Å²) in [6.45, 7) is 6.93. The van der Waals surface area contributed by atoms with Crippen molar-refractivity contribution in [3.05, 3.63) is 23.2 Å². The lowest BCUT2D eigenvalue weighted by Crippen LogP contribution is -2.29. The Morgan fingerprint density at radius 1 is 1.47 bits per heavy atom. The van der Waals surface area contributed by atoms with E-state index in [0.29, 0.717) is 5.92 Å². The highest BCUT2D eigenvalue weighted by Crippen LogP contribution is 2.32.